The molecular weight excluding hydrogens is 297 g/mol. The van der Waals surface area contributed by atoms with Gasteiger partial charge in [-0.25, -0.2) is 4.98 Å². The maximum atomic E-state index is 9.84. The molecule has 2 N–H and O–H groups in total. The molecule has 0 atom stereocenters. The number of nitrogens with one attached hydrogen (secondary N) is 1. The standard InChI is InChI=1S/C14H9Cl2N3O/c15-8-5-6-12(20)11(7-8)17-13-9-3-1-2-4-10(9)18-14(16)19-13/h1-7,20H,(H,17,18,19). The molecule has 3 aromatic rings. The fourth-order valence-corrected chi connectivity index (χ4v) is 2.23. The van der Waals surface area contributed by atoms with Crippen LogP contribution < -0.4 is 5.32 Å². The highest BCUT2D eigenvalue weighted by Crippen LogP contribution is 2.31. The van der Waals surface area contributed by atoms with E-state index in [-0.39, 0.29) is 11.0 Å². The quantitative estimate of drug-likeness (QED) is 0.545. The summed E-state index contributed by atoms with van der Waals surface area (Å²) >= 11 is 11.8. The van der Waals surface area contributed by atoms with Crippen LogP contribution in [0.15, 0.2) is 42.5 Å². The lowest BCUT2D eigenvalue weighted by atomic mass is 10.2. The molecule has 0 saturated carbocycles. The summed E-state index contributed by atoms with van der Waals surface area (Å²) in [6.07, 6.45) is 0. The molecule has 0 saturated heterocycles. The highest BCUT2D eigenvalue weighted by Gasteiger charge is 2.09. The monoisotopic (exact) mass is 305 g/mol. The second kappa shape index (κ2) is 5.15. The Morgan fingerprint density at radius 1 is 1.00 bits per heavy atom. The van der Waals surface area contributed by atoms with Gasteiger partial charge in [0.15, 0.2) is 0 Å². The smallest absolute Gasteiger partial charge is 0.224 e. The zero-order valence-corrected chi connectivity index (χ0v) is 11.7. The molecule has 0 amide bonds. The normalized spacial score (nSPS) is 10.7. The highest BCUT2D eigenvalue weighted by atomic mass is 35.5. The van der Waals surface area contributed by atoms with Crippen molar-refractivity contribution in [2.24, 2.45) is 0 Å². The van der Waals surface area contributed by atoms with Gasteiger partial charge in [0.1, 0.15) is 11.6 Å². The van der Waals surface area contributed by atoms with Gasteiger partial charge in [-0.1, -0.05) is 23.7 Å². The molecule has 0 spiro atoms. The first-order valence-electron chi connectivity index (χ1n) is 5.81. The van der Waals surface area contributed by atoms with Crippen LogP contribution in [0.4, 0.5) is 11.5 Å². The van der Waals surface area contributed by atoms with E-state index in [0.29, 0.717) is 16.5 Å². The van der Waals surface area contributed by atoms with Gasteiger partial charge in [0, 0.05) is 10.4 Å². The van der Waals surface area contributed by atoms with Gasteiger partial charge in [-0.3, -0.25) is 0 Å². The predicted octanol–water partition coefficient (Wildman–Crippen LogP) is 4.39. The van der Waals surface area contributed by atoms with Gasteiger partial charge in [0.25, 0.3) is 0 Å². The van der Waals surface area contributed by atoms with E-state index >= 15 is 0 Å². The summed E-state index contributed by atoms with van der Waals surface area (Å²) in [6.45, 7) is 0. The van der Waals surface area contributed by atoms with Crippen molar-refractivity contribution in [1.82, 2.24) is 9.97 Å². The minimum atomic E-state index is 0.0771. The molecule has 20 heavy (non-hydrogen) atoms. The van der Waals surface area contributed by atoms with Crippen LogP contribution in [0.25, 0.3) is 10.9 Å². The van der Waals surface area contributed by atoms with Crippen LogP contribution in [0.3, 0.4) is 0 Å². The van der Waals surface area contributed by atoms with E-state index in [0.717, 1.165) is 10.9 Å². The first-order valence-corrected chi connectivity index (χ1v) is 6.57. The molecule has 0 aliphatic heterocycles. The van der Waals surface area contributed by atoms with Crippen molar-refractivity contribution < 1.29 is 5.11 Å². The molecule has 0 aliphatic carbocycles. The Balaban J connectivity index is 2.13. The second-order valence-electron chi connectivity index (χ2n) is 4.14. The molecule has 0 radical (unpaired) electrons. The number of hydrogen-bond acceptors (Lipinski definition) is 4. The Hall–Kier alpha value is -2.04. The van der Waals surface area contributed by atoms with Gasteiger partial charge in [-0.05, 0) is 41.9 Å². The lowest BCUT2D eigenvalue weighted by molar-refractivity contribution is 0.478. The molecule has 6 heteroatoms. The van der Waals surface area contributed by atoms with Crippen molar-refractivity contribution in [3.63, 3.8) is 0 Å². The minimum Gasteiger partial charge on any atom is -0.506 e. The summed E-state index contributed by atoms with van der Waals surface area (Å²) in [4.78, 5) is 8.30. The van der Waals surface area contributed by atoms with Gasteiger partial charge in [-0.2, -0.15) is 4.98 Å². The van der Waals surface area contributed by atoms with Crippen LogP contribution in [-0.4, -0.2) is 15.1 Å². The average Bonchev–Trinajstić information content (AvgIpc) is 2.43. The van der Waals surface area contributed by atoms with Gasteiger partial charge in [0.05, 0.1) is 11.2 Å². The average molecular weight is 306 g/mol. The number of fused-ring (bicyclic) bond motifs is 1. The number of anilines is 2. The van der Waals surface area contributed by atoms with E-state index < -0.39 is 0 Å². The van der Waals surface area contributed by atoms with E-state index in [1.807, 2.05) is 24.3 Å². The Morgan fingerprint density at radius 2 is 1.80 bits per heavy atom. The van der Waals surface area contributed by atoms with Crippen LogP contribution in [-0.2, 0) is 0 Å². The van der Waals surface area contributed by atoms with Crippen LogP contribution in [0.1, 0.15) is 0 Å². The zero-order valence-electron chi connectivity index (χ0n) is 10.1. The number of halogens is 2. The van der Waals surface area contributed by atoms with Crippen molar-refractivity contribution in [2.45, 2.75) is 0 Å². The van der Waals surface area contributed by atoms with Crippen molar-refractivity contribution in [3.8, 4) is 5.75 Å². The second-order valence-corrected chi connectivity index (χ2v) is 4.92. The first kappa shape index (κ1) is 13.0. The number of rotatable bonds is 2. The van der Waals surface area contributed by atoms with Crippen LogP contribution in [0, 0.1) is 0 Å². The van der Waals surface area contributed by atoms with Gasteiger partial charge in [0.2, 0.25) is 5.28 Å². The topological polar surface area (TPSA) is 58.0 Å². The fraction of sp³-hybridized carbons (Fsp3) is 0. The number of phenols is 1. The number of hydrogen-bond donors (Lipinski definition) is 2. The van der Waals surface area contributed by atoms with Crippen molar-refractivity contribution >= 4 is 45.6 Å². The van der Waals surface area contributed by atoms with E-state index in [4.69, 9.17) is 23.2 Å². The molecule has 2 aromatic carbocycles. The molecule has 1 heterocycles. The number of nitrogens with zero attached hydrogens (tertiary/aromatic N) is 2. The number of aromatic nitrogens is 2. The van der Waals surface area contributed by atoms with E-state index in [1.165, 1.54) is 6.07 Å². The molecule has 4 nitrogen and oxygen atoms in total. The van der Waals surface area contributed by atoms with Crippen LogP contribution >= 0.6 is 23.2 Å². The Morgan fingerprint density at radius 3 is 2.65 bits per heavy atom. The molecule has 0 fully saturated rings. The zero-order chi connectivity index (χ0) is 14.1. The van der Waals surface area contributed by atoms with Crippen molar-refractivity contribution in [2.75, 3.05) is 5.32 Å². The maximum Gasteiger partial charge on any atom is 0.224 e. The number of phenolic OH excluding ortho intramolecular Hbond substituents is 1. The number of para-hydroxylation sites is 1. The number of benzene rings is 2. The van der Waals surface area contributed by atoms with Crippen LogP contribution in [0.5, 0.6) is 5.75 Å². The van der Waals surface area contributed by atoms with E-state index in [9.17, 15) is 5.11 Å². The lowest BCUT2D eigenvalue weighted by Gasteiger charge is -2.10. The third-order valence-electron chi connectivity index (χ3n) is 2.79. The van der Waals surface area contributed by atoms with Crippen LogP contribution in [0.2, 0.25) is 10.3 Å². The van der Waals surface area contributed by atoms with E-state index in [1.54, 1.807) is 12.1 Å². The first-order chi connectivity index (χ1) is 9.63. The lowest BCUT2D eigenvalue weighted by Crippen LogP contribution is -1.97. The molecule has 1 aromatic heterocycles. The summed E-state index contributed by atoms with van der Waals surface area (Å²) in [7, 11) is 0. The maximum absolute atomic E-state index is 9.84. The predicted molar refractivity (Wildman–Crippen MR) is 80.9 cm³/mol. The minimum absolute atomic E-state index is 0.0771. The van der Waals surface area contributed by atoms with E-state index in [2.05, 4.69) is 15.3 Å². The summed E-state index contributed by atoms with van der Waals surface area (Å²) in [5.41, 5.74) is 1.17. The Kier molecular flexibility index (Phi) is 3.34. The van der Waals surface area contributed by atoms with Crippen molar-refractivity contribution in [1.29, 1.82) is 0 Å². The SMILES string of the molecule is Oc1ccc(Cl)cc1Nc1nc(Cl)nc2ccccc12. The third-order valence-corrected chi connectivity index (χ3v) is 3.19. The fourth-order valence-electron chi connectivity index (χ4n) is 1.88. The van der Waals surface area contributed by atoms with Gasteiger partial charge >= 0.3 is 0 Å². The Labute approximate surface area is 125 Å². The molecule has 100 valence electrons. The summed E-state index contributed by atoms with van der Waals surface area (Å²) in [5, 5.41) is 14.3. The van der Waals surface area contributed by atoms with Crippen molar-refractivity contribution in [3.05, 3.63) is 52.8 Å². The summed E-state index contributed by atoms with van der Waals surface area (Å²) < 4.78 is 0. The third kappa shape index (κ3) is 2.48. The highest BCUT2D eigenvalue weighted by molar-refractivity contribution is 6.31. The summed E-state index contributed by atoms with van der Waals surface area (Å²) in [6, 6.07) is 12.2. The molecule has 0 unspecified atom stereocenters. The largest absolute Gasteiger partial charge is 0.506 e. The molecule has 3 rings (SSSR count). The molecule has 0 aliphatic rings. The Bertz CT molecular complexity index is 792. The summed E-state index contributed by atoms with van der Waals surface area (Å²) in [5.74, 6) is 0.589. The molecule has 0 bridgehead atoms. The van der Waals surface area contributed by atoms with Gasteiger partial charge < -0.3 is 10.4 Å². The number of aromatic hydroxyl groups is 1. The molecular formula is C14H9Cl2N3O. The van der Waals surface area contributed by atoms with Gasteiger partial charge in [-0.15, -0.1) is 0 Å².